The highest BCUT2D eigenvalue weighted by molar-refractivity contribution is 5.97. The fourth-order valence-electron chi connectivity index (χ4n) is 2.96. The maximum atomic E-state index is 12.3. The molecule has 0 bridgehead atoms. The Kier molecular flexibility index (Phi) is 4.18. The van der Waals surface area contributed by atoms with Crippen molar-refractivity contribution >= 4 is 5.78 Å². The number of carbonyl (C=O) groups is 1. The zero-order valence-electron chi connectivity index (χ0n) is 11.6. The van der Waals surface area contributed by atoms with Crippen molar-refractivity contribution in [3.05, 3.63) is 35.9 Å². The lowest BCUT2D eigenvalue weighted by molar-refractivity contribution is 0.0890. The van der Waals surface area contributed by atoms with Gasteiger partial charge >= 0.3 is 0 Å². The topological polar surface area (TPSA) is 20.3 Å². The number of rotatable bonds is 4. The summed E-state index contributed by atoms with van der Waals surface area (Å²) in [5, 5.41) is 0. The molecule has 1 heterocycles. The zero-order valence-corrected chi connectivity index (χ0v) is 11.6. The second kappa shape index (κ2) is 5.66. The van der Waals surface area contributed by atoms with Gasteiger partial charge in [-0.05, 0) is 19.3 Å². The van der Waals surface area contributed by atoms with Crippen LogP contribution in [0.3, 0.4) is 0 Å². The van der Waals surface area contributed by atoms with Crippen molar-refractivity contribution in [3.63, 3.8) is 0 Å². The van der Waals surface area contributed by atoms with Gasteiger partial charge in [0, 0.05) is 30.6 Å². The number of hydrogen-bond acceptors (Lipinski definition) is 2. The van der Waals surface area contributed by atoms with Crippen LogP contribution in [0.2, 0.25) is 0 Å². The quantitative estimate of drug-likeness (QED) is 0.759. The summed E-state index contributed by atoms with van der Waals surface area (Å²) in [6, 6.07) is 10.3. The summed E-state index contributed by atoms with van der Waals surface area (Å²) in [4.78, 5) is 14.7. The van der Waals surface area contributed by atoms with Crippen molar-refractivity contribution in [2.24, 2.45) is 11.8 Å². The lowest BCUT2D eigenvalue weighted by Gasteiger charge is -2.24. The molecule has 1 aliphatic rings. The van der Waals surface area contributed by atoms with Crippen LogP contribution in [0.1, 0.15) is 37.6 Å². The molecule has 98 valence electrons. The number of hydrogen-bond donors (Lipinski definition) is 0. The molecule has 2 heteroatoms. The summed E-state index contributed by atoms with van der Waals surface area (Å²) in [5.74, 6) is 1.11. The molecule has 2 nitrogen and oxygen atoms in total. The predicted octanol–water partition coefficient (Wildman–Crippen LogP) is 3.24. The average molecular weight is 245 g/mol. The van der Waals surface area contributed by atoms with Gasteiger partial charge in [0.1, 0.15) is 0 Å². The van der Waals surface area contributed by atoms with Crippen LogP contribution in [-0.4, -0.2) is 29.8 Å². The number of nitrogens with zero attached hydrogens (tertiary/aromatic N) is 1. The van der Waals surface area contributed by atoms with Crippen LogP contribution < -0.4 is 0 Å². The van der Waals surface area contributed by atoms with E-state index in [0.29, 0.717) is 6.04 Å². The van der Waals surface area contributed by atoms with E-state index in [-0.39, 0.29) is 11.7 Å². The zero-order chi connectivity index (χ0) is 13.1. The van der Waals surface area contributed by atoms with Gasteiger partial charge in [0.15, 0.2) is 5.78 Å². The van der Waals surface area contributed by atoms with Gasteiger partial charge < -0.3 is 0 Å². The van der Waals surface area contributed by atoms with E-state index in [4.69, 9.17) is 0 Å². The van der Waals surface area contributed by atoms with Gasteiger partial charge in [-0.25, -0.2) is 0 Å². The maximum Gasteiger partial charge on any atom is 0.166 e. The highest BCUT2D eigenvalue weighted by Crippen LogP contribution is 2.24. The first-order valence-corrected chi connectivity index (χ1v) is 6.91. The summed E-state index contributed by atoms with van der Waals surface area (Å²) in [6.07, 6.45) is 1.26. The smallest absolute Gasteiger partial charge is 0.166 e. The first-order valence-electron chi connectivity index (χ1n) is 6.91. The molecule has 0 aromatic heterocycles. The fraction of sp³-hybridized carbons (Fsp3) is 0.562. The summed E-state index contributed by atoms with van der Waals surface area (Å²) >= 11 is 0. The van der Waals surface area contributed by atoms with E-state index in [0.717, 1.165) is 24.6 Å². The molecule has 3 unspecified atom stereocenters. The molecular weight excluding hydrogens is 222 g/mol. The fourth-order valence-corrected chi connectivity index (χ4v) is 2.96. The van der Waals surface area contributed by atoms with Gasteiger partial charge in [0.2, 0.25) is 0 Å². The number of carbonyl (C=O) groups excluding carboxylic acids is 1. The molecule has 1 aromatic rings. The predicted molar refractivity (Wildman–Crippen MR) is 74.8 cm³/mol. The Morgan fingerprint density at radius 3 is 2.56 bits per heavy atom. The van der Waals surface area contributed by atoms with Crippen LogP contribution in [0.4, 0.5) is 0 Å². The van der Waals surface area contributed by atoms with E-state index >= 15 is 0 Å². The van der Waals surface area contributed by atoms with Crippen molar-refractivity contribution in [1.82, 2.24) is 4.90 Å². The molecule has 1 saturated heterocycles. The first-order chi connectivity index (χ1) is 8.58. The van der Waals surface area contributed by atoms with Crippen molar-refractivity contribution in [2.45, 2.75) is 33.2 Å². The number of likely N-dealkylation sites (tertiary alicyclic amines) is 1. The lowest BCUT2D eigenvalue weighted by atomic mass is 9.99. The Hall–Kier alpha value is -1.15. The second-order valence-corrected chi connectivity index (χ2v) is 5.78. The minimum Gasteiger partial charge on any atom is -0.300 e. The van der Waals surface area contributed by atoms with Crippen molar-refractivity contribution in [1.29, 1.82) is 0 Å². The molecule has 3 atom stereocenters. The Morgan fingerprint density at radius 2 is 2.00 bits per heavy atom. The van der Waals surface area contributed by atoms with Crippen LogP contribution in [0.15, 0.2) is 30.3 Å². The molecule has 0 aliphatic carbocycles. The minimum atomic E-state index is 0.0835. The molecule has 18 heavy (non-hydrogen) atoms. The van der Waals surface area contributed by atoms with Crippen LogP contribution in [0.25, 0.3) is 0 Å². The normalized spacial score (nSPS) is 26.2. The van der Waals surface area contributed by atoms with Crippen LogP contribution >= 0.6 is 0 Å². The second-order valence-electron chi connectivity index (χ2n) is 5.78. The molecule has 0 amide bonds. The van der Waals surface area contributed by atoms with Gasteiger partial charge in [0.25, 0.3) is 0 Å². The summed E-state index contributed by atoms with van der Waals surface area (Å²) in [6.45, 7) is 8.63. The van der Waals surface area contributed by atoms with Crippen LogP contribution in [0, 0.1) is 11.8 Å². The maximum absolute atomic E-state index is 12.3. The standard InChI is InChI=1S/C16H23NO/c1-12-9-14(3)17(10-12)11-13(2)16(18)15-7-5-4-6-8-15/h4-8,12-14H,9-11H2,1-3H3. The van der Waals surface area contributed by atoms with E-state index < -0.39 is 0 Å². The van der Waals surface area contributed by atoms with Crippen molar-refractivity contribution in [3.8, 4) is 0 Å². The third-order valence-electron chi connectivity index (χ3n) is 3.93. The van der Waals surface area contributed by atoms with Crippen molar-refractivity contribution in [2.75, 3.05) is 13.1 Å². The largest absolute Gasteiger partial charge is 0.300 e. The van der Waals surface area contributed by atoms with E-state index in [1.165, 1.54) is 6.42 Å². The Bertz CT molecular complexity index is 401. The molecule has 0 spiro atoms. The molecule has 1 aliphatic heterocycles. The summed E-state index contributed by atoms with van der Waals surface area (Å²) in [5.41, 5.74) is 0.838. The molecule has 0 saturated carbocycles. The summed E-state index contributed by atoms with van der Waals surface area (Å²) < 4.78 is 0. The van der Waals surface area contributed by atoms with E-state index in [1.54, 1.807) is 0 Å². The van der Waals surface area contributed by atoms with Gasteiger partial charge in [-0.15, -0.1) is 0 Å². The van der Waals surface area contributed by atoms with E-state index in [9.17, 15) is 4.79 Å². The molecular formula is C16H23NO. The SMILES string of the molecule is CC1CC(C)N(CC(C)C(=O)c2ccccc2)C1. The highest BCUT2D eigenvalue weighted by Gasteiger charge is 2.28. The highest BCUT2D eigenvalue weighted by atomic mass is 16.1. The molecule has 1 aromatic carbocycles. The van der Waals surface area contributed by atoms with Crippen LogP contribution in [0.5, 0.6) is 0 Å². The first kappa shape index (κ1) is 13.3. The van der Waals surface area contributed by atoms with Gasteiger partial charge in [-0.1, -0.05) is 44.2 Å². The monoisotopic (exact) mass is 245 g/mol. The Balaban J connectivity index is 1.96. The number of benzene rings is 1. The van der Waals surface area contributed by atoms with E-state index in [1.807, 2.05) is 37.3 Å². The summed E-state index contributed by atoms with van der Waals surface area (Å²) in [7, 11) is 0. The average Bonchev–Trinajstić information content (AvgIpc) is 2.68. The number of ketones is 1. The third-order valence-corrected chi connectivity index (χ3v) is 3.93. The van der Waals surface area contributed by atoms with Crippen LogP contribution in [-0.2, 0) is 0 Å². The molecule has 0 radical (unpaired) electrons. The van der Waals surface area contributed by atoms with Gasteiger partial charge in [-0.2, -0.15) is 0 Å². The Labute approximate surface area is 110 Å². The molecule has 1 fully saturated rings. The third kappa shape index (κ3) is 2.99. The van der Waals surface area contributed by atoms with E-state index in [2.05, 4.69) is 18.7 Å². The molecule has 2 rings (SSSR count). The minimum absolute atomic E-state index is 0.0835. The van der Waals surface area contributed by atoms with Crippen molar-refractivity contribution < 1.29 is 4.79 Å². The van der Waals surface area contributed by atoms with Gasteiger partial charge in [-0.3, -0.25) is 9.69 Å². The number of Topliss-reactive ketones (excluding diaryl/α,β-unsaturated/α-hetero) is 1. The Morgan fingerprint density at radius 1 is 1.33 bits per heavy atom. The van der Waals surface area contributed by atoms with Gasteiger partial charge in [0.05, 0.1) is 0 Å². The molecule has 0 N–H and O–H groups in total. The lowest BCUT2D eigenvalue weighted by Crippen LogP contribution is -2.34.